The second-order valence-electron chi connectivity index (χ2n) is 7.50. The number of aromatic amines is 1. The van der Waals surface area contributed by atoms with Gasteiger partial charge in [-0.3, -0.25) is 18.9 Å². The average Bonchev–Trinajstić information content (AvgIpc) is 3.19. The molecule has 0 spiro atoms. The molecule has 1 aliphatic heterocycles. The minimum atomic E-state index is -0.148. The Hall–Kier alpha value is -3.16. The second kappa shape index (κ2) is 7.59. The van der Waals surface area contributed by atoms with Gasteiger partial charge in [-0.25, -0.2) is 4.98 Å². The molecule has 0 aliphatic carbocycles. The normalized spacial score (nSPS) is 15.2. The lowest BCUT2D eigenvalue weighted by molar-refractivity contribution is 0.0622. The monoisotopic (exact) mass is 421 g/mol. The minimum Gasteiger partial charge on any atom is -0.351 e. The number of nitrogens with one attached hydrogen (secondary N) is 1. The first-order valence-corrected chi connectivity index (χ1v) is 10.2. The van der Waals surface area contributed by atoms with Crippen molar-refractivity contribution < 1.29 is 4.79 Å². The molecule has 4 heterocycles. The Balaban J connectivity index is 1.26. The maximum absolute atomic E-state index is 12.9. The zero-order chi connectivity index (χ0) is 20.7. The van der Waals surface area contributed by atoms with Gasteiger partial charge in [0.05, 0.1) is 10.7 Å². The van der Waals surface area contributed by atoms with Gasteiger partial charge in [0, 0.05) is 55.9 Å². The Morgan fingerprint density at radius 3 is 2.67 bits per heavy atom. The summed E-state index contributed by atoms with van der Waals surface area (Å²) in [5.41, 5.74) is 2.74. The molecule has 1 amide bonds. The number of hydrogen-bond donors (Lipinski definition) is 1. The summed E-state index contributed by atoms with van der Waals surface area (Å²) >= 11 is 5.96. The van der Waals surface area contributed by atoms with E-state index in [1.807, 2.05) is 35.2 Å². The van der Waals surface area contributed by atoms with Crippen molar-refractivity contribution in [2.75, 3.05) is 26.2 Å². The van der Waals surface area contributed by atoms with Gasteiger partial charge in [-0.2, -0.15) is 0 Å². The summed E-state index contributed by atoms with van der Waals surface area (Å²) in [5, 5.41) is 1.53. The third-order valence-corrected chi connectivity index (χ3v) is 5.71. The fourth-order valence-electron chi connectivity index (χ4n) is 3.90. The highest BCUT2D eigenvalue weighted by molar-refractivity contribution is 6.30. The Kier molecular flexibility index (Phi) is 4.77. The van der Waals surface area contributed by atoms with Gasteiger partial charge in [0.2, 0.25) is 0 Å². The van der Waals surface area contributed by atoms with Crippen LogP contribution in [0.5, 0.6) is 0 Å². The lowest BCUT2D eigenvalue weighted by Crippen LogP contribution is -2.48. The van der Waals surface area contributed by atoms with E-state index in [9.17, 15) is 9.59 Å². The van der Waals surface area contributed by atoms with Gasteiger partial charge in [0.1, 0.15) is 11.3 Å². The third-order valence-electron chi connectivity index (χ3n) is 5.48. The number of piperazine rings is 1. The number of fused-ring (bicyclic) bond motifs is 2. The molecule has 0 saturated carbocycles. The van der Waals surface area contributed by atoms with Gasteiger partial charge in [0.25, 0.3) is 11.5 Å². The predicted molar refractivity (Wildman–Crippen MR) is 116 cm³/mol. The molecular formula is C22H20ClN5O2. The highest BCUT2D eigenvalue weighted by atomic mass is 35.5. The summed E-state index contributed by atoms with van der Waals surface area (Å²) in [6, 6.07) is 14.8. The van der Waals surface area contributed by atoms with Crippen molar-refractivity contribution in [2.24, 2.45) is 0 Å². The summed E-state index contributed by atoms with van der Waals surface area (Å²) in [6.45, 7) is 3.30. The topological polar surface area (TPSA) is 73.7 Å². The molecule has 0 radical (unpaired) electrons. The summed E-state index contributed by atoms with van der Waals surface area (Å²) in [4.78, 5) is 37.1. The van der Waals surface area contributed by atoms with Crippen LogP contribution in [0.15, 0.2) is 59.5 Å². The molecule has 0 bridgehead atoms. The van der Waals surface area contributed by atoms with Crippen molar-refractivity contribution in [1.29, 1.82) is 0 Å². The lowest BCUT2D eigenvalue weighted by atomic mass is 10.2. The van der Waals surface area contributed by atoms with Crippen molar-refractivity contribution in [2.45, 2.75) is 6.54 Å². The predicted octanol–water partition coefficient (Wildman–Crippen LogP) is 2.79. The van der Waals surface area contributed by atoms with Crippen molar-refractivity contribution in [3.05, 3.63) is 81.5 Å². The number of carbonyl (C=O) groups excluding carboxylic acids is 1. The Morgan fingerprint density at radius 1 is 1.07 bits per heavy atom. The van der Waals surface area contributed by atoms with Crippen LogP contribution in [-0.4, -0.2) is 56.3 Å². The van der Waals surface area contributed by atoms with Gasteiger partial charge in [-0.05, 0) is 24.3 Å². The van der Waals surface area contributed by atoms with E-state index < -0.39 is 0 Å². The van der Waals surface area contributed by atoms with E-state index in [4.69, 9.17) is 11.6 Å². The number of hydrogen-bond acceptors (Lipinski definition) is 4. The van der Waals surface area contributed by atoms with Gasteiger partial charge in [-0.15, -0.1) is 0 Å². The fraction of sp³-hybridized carbons (Fsp3) is 0.227. The molecule has 7 nitrogen and oxygen atoms in total. The summed E-state index contributed by atoms with van der Waals surface area (Å²) in [5.74, 6) is 0.0183. The van der Waals surface area contributed by atoms with E-state index in [0.717, 1.165) is 29.7 Å². The smallest absolute Gasteiger partial charge is 0.270 e. The first-order valence-electron chi connectivity index (χ1n) is 9.84. The minimum absolute atomic E-state index is 0.0183. The van der Waals surface area contributed by atoms with E-state index in [1.165, 1.54) is 4.40 Å². The quantitative estimate of drug-likeness (QED) is 0.552. The van der Waals surface area contributed by atoms with Crippen LogP contribution in [0.2, 0.25) is 5.02 Å². The molecule has 4 aromatic rings. The van der Waals surface area contributed by atoms with Gasteiger partial charge in [0.15, 0.2) is 0 Å². The van der Waals surface area contributed by atoms with E-state index in [1.54, 1.807) is 24.4 Å². The fourth-order valence-corrected chi connectivity index (χ4v) is 4.06. The van der Waals surface area contributed by atoms with E-state index in [2.05, 4.69) is 14.9 Å². The van der Waals surface area contributed by atoms with E-state index in [-0.39, 0.29) is 11.5 Å². The molecule has 1 aromatic carbocycles. The zero-order valence-corrected chi connectivity index (χ0v) is 17.0. The van der Waals surface area contributed by atoms with E-state index >= 15 is 0 Å². The zero-order valence-electron chi connectivity index (χ0n) is 16.2. The van der Waals surface area contributed by atoms with Crippen LogP contribution in [0.25, 0.3) is 16.6 Å². The molecule has 30 heavy (non-hydrogen) atoms. The third kappa shape index (κ3) is 3.58. The molecule has 0 unspecified atom stereocenters. The lowest BCUT2D eigenvalue weighted by Gasteiger charge is -2.34. The molecule has 1 saturated heterocycles. The first kappa shape index (κ1) is 18.8. The van der Waals surface area contributed by atoms with Crippen LogP contribution in [-0.2, 0) is 6.54 Å². The number of benzene rings is 1. The number of pyridine rings is 1. The highest BCUT2D eigenvalue weighted by Gasteiger charge is 2.23. The number of para-hydroxylation sites is 1. The SMILES string of the molecule is O=C(c1cc2ccccc2[nH]1)N1CCN(Cc2cc(=O)n3cc(Cl)ccc3n2)CC1. The Bertz CT molecular complexity index is 1270. The van der Waals surface area contributed by atoms with Crippen LogP contribution in [0.1, 0.15) is 16.2 Å². The van der Waals surface area contributed by atoms with Gasteiger partial charge >= 0.3 is 0 Å². The molecule has 1 aliphatic rings. The second-order valence-corrected chi connectivity index (χ2v) is 7.94. The Morgan fingerprint density at radius 2 is 1.87 bits per heavy atom. The molecule has 3 aromatic heterocycles. The van der Waals surface area contributed by atoms with E-state index in [0.29, 0.717) is 36.0 Å². The summed E-state index contributed by atoms with van der Waals surface area (Å²) in [6.07, 6.45) is 1.57. The van der Waals surface area contributed by atoms with Crippen LogP contribution in [0, 0.1) is 0 Å². The molecule has 152 valence electrons. The van der Waals surface area contributed by atoms with Gasteiger partial charge < -0.3 is 9.88 Å². The molecule has 1 fully saturated rings. The summed E-state index contributed by atoms with van der Waals surface area (Å²) in [7, 11) is 0. The average molecular weight is 422 g/mol. The first-order chi connectivity index (χ1) is 14.6. The maximum atomic E-state index is 12.9. The molecule has 1 N–H and O–H groups in total. The number of H-pyrrole nitrogens is 1. The number of carbonyl (C=O) groups is 1. The van der Waals surface area contributed by atoms with Crippen LogP contribution in [0.3, 0.4) is 0 Å². The van der Waals surface area contributed by atoms with Crippen LogP contribution < -0.4 is 5.56 Å². The molecule has 8 heteroatoms. The van der Waals surface area contributed by atoms with Gasteiger partial charge in [-0.1, -0.05) is 29.8 Å². The van der Waals surface area contributed by atoms with Crippen molar-refractivity contribution in [3.63, 3.8) is 0 Å². The maximum Gasteiger partial charge on any atom is 0.270 e. The van der Waals surface area contributed by atoms with Crippen molar-refractivity contribution in [3.8, 4) is 0 Å². The van der Waals surface area contributed by atoms with Crippen molar-refractivity contribution >= 4 is 34.1 Å². The largest absolute Gasteiger partial charge is 0.351 e. The Labute approximate surface area is 177 Å². The number of rotatable bonds is 3. The van der Waals surface area contributed by atoms with Crippen LogP contribution in [0.4, 0.5) is 0 Å². The standard InChI is InChI=1S/C22H20ClN5O2/c23-16-5-6-20-24-17(12-21(29)28(20)13-16)14-26-7-9-27(10-8-26)22(30)19-11-15-3-1-2-4-18(15)25-19/h1-6,11-13,25H,7-10,14H2. The highest BCUT2D eigenvalue weighted by Crippen LogP contribution is 2.17. The number of amides is 1. The number of halogens is 1. The number of nitrogens with zero attached hydrogens (tertiary/aromatic N) is 4. The molecule has 5 rings (SSSR count). The number of aromatic nitrogens is 3. The molecular weight excluding hydrogens is 402 g/mol. The molecule has 0 atom stereocenters. The van der Waals surface area contributed by atoms with Crippen molar-refractivity contribution in [1.82, 2.24) is 24.2 Å². The summed E-state index contributed by atoms with van der Waals surface area (Å²) < 4.78 is 1.45. The van der Waals surface area contributed by atoms with Crippen LogP contribution >= 0.6 is 11.6 Å².